The number of H-pyrrole nitrogens is 1. The summed E-state index contributed by atoms with van der Waals surface area (Å²) < 4.78 is 25.9. The van der Waals surface area contributed by atoms with Gasteiger partial charge in [0.25, 0.3) is 16.0 Å². The Bertz CT molecular complexity index is 577. The summed E-state index contributed by atoms with van der Waals surface area (Å²) in [6.45, 7) is 1.69. The lowest BCUT2D eigenvalue weighted by Gasteiger charge is -2.03. The van der Waals surface area contributed by atoms with E-state index in [4.69, 9.17) is 0 Å². The number of nitrogens with zero attached hydrogens (tertiary/aromatic N) is 2. The molecule has 0 aliphatic heterocycles. The number of rotatable bonds is 3. The van der Waals surface area contributed by atoms with Gasteiger partial charge in [0.15, 0.2) is 0 Å². The zero-order valence-corrected chi connectivity index (χ0v) is 9.32. The monoisotopic (exact) mass is 238 g/mol. The molecule has 16 heavy (non-hydrogen) atoms. The predicted molar refractivity (Wildman–Crippen MR) is 58.4 cm³/mol. The second-order valence-corrected chi connectivity index (χ2v) is 4.85. The molecule has 0 atom stereocenters. The summed E-state index contributed by atoms with van der Waals surface area (Å²) in [6, 6.07) is 8.05. The fraction of sp³-hybridized carbons (Fsp3) is 0.111. The largest absolute Gasteiger partial charge is 0.264 e. The van der Waals surface area contributed by atoms with Gasteiger partial charge in [-0.3, -0.25) is 5.10 Å². The molecule has 0 amide bonds. The van der Waals surface area contributed by atoms with Crippen molar-refractivity contribution in [3.63, 3.8) is 0 Å². The third kappa shape index (κ3) is 2.19. The molecule has 0 radical (unpaired) electrons. The van der Waals surface area contributed by atoms with Crippen molar-refractivity contribution >= 4 is 16.0 Å². The SMILES string of the molecule is Cc1nc(NS(=O)(=O)c2ccccc2)n[nH]1. The number of nitrogens with one attached hydrogen (secondary N) is 2. The third-order valence-corrected chi connectivity index (χ3v) is 3.22. The van der Waals surface area contributed by atoms with E-state index in [2.05, 4.69) is 19.9 Å². The third-order valence-electron chi connectivity index (χ3n) is 1.88. The highest BCUT2D eigenvalue weighted by atomic mass is 32.2. The molecule has 1 heterocycles. The molecule has 0 unspecified atom stereocenters. The van der Waals surface area contributed by atoms with Crippen LogP contribution in [0.4, 0.5) is 5.95 Å². The van der Waals surface area contributed by atoms with Crippen LogP contribution in [0.2, 0.25) is 0 Å². The standard InChI is InChI=1S/C9H10N4O2S/c1-7-10-9(12-11-7)13-16(14,15)8-5-3-2-4-6-8/h2-6H,1H3,(H2,10,11,12,13). The molecule has 2 N–H and O–H groups in total. The maximum Gasteiger partial charge on any atom is 0.264 e. The number of hydrogen-bond acceptors (Lipinski definition) is 4. The number of hydrogen-bond donors (Lipinski definition) is 2. The fourth-order valence-corrected chi connectivity index (χ4v) is 2.13. The zero-order valence-electron chi connectivity index (χ0n) is 8.51. The van der Waals surface area contributed by atoms with E-state index in [9.17, 15) is 8.42 Å². The van der Waals surface area contributed by atoms with E-state index in [1.165, 1.54) is 12.1 Å². The van der Waals surface area contributed by atoms with Crippen LogP contribution in [0, 0.1) is 6.92 Å². The predicted octanol–water partition coefficient (Wildman–Crippen LogP) is 0.914. The minimum atomic E-state index is -3.59. The first-order valence-corrected chi connectivity index (χ1v) is 6.03. The van der Waals surface area contributed by atoms with Gasteiger partial charge >= 0.3 is 0 Å². The fourth-order valence-electron chi connectivity index (χ4n) is 1.17. The van der Waals surface area contributed by atoms with Gasteiger partial charge in [0.1, 0.15) is 5.82 Å². The number of sulfonamides is 1. The van der Waals surface area contributed by atoms with Gasteiger partial charge in [-0.15, -0.1) is 5.10 Å². The van der Waals surface area contributed by atoms with Gasteiger partial charge in [-0.1, -0.05) is 18.2 Å². The van der Waals surface area contributed by atoms with Crippen molar-refractivity contribution < 1.29 is 8.42 Å². The maximum absolute atomic E-state index is 11.8. The second kappa shape index (κ2) is 3.93. The molecule has 0 aliphatic carbocycles. The lowest BCUT2D eigenvalue weighted by molar-refractivity contribution is 0.601. The van der Waals surface area contributed by atoms with Crippen molar-refractivity contribution in [1.29, 1.82) is 0 Å². The molecule has 0 spiro atoms. The van der Waals surface area contributed by atoms with E-state index in [-0.39, 0.29) is 10.8 Å². The van der Waals surface area contributed by atoms with E-state index >= 15 is 0 Å². The number of anilines is 1. The maximum atomic E-state index is 11.8. The van der Waals surface area contributed by atoms with Gasteiger partial charge in [0.2, 0.25) is 0 Å². The van der Waals surface area contributed by atoms with E-state index < -0.39 is 10.0 Å². The molecular weight excluding hydrogens is 228 g/mol. The van der Waals surface area contributed by atoms with Crippen molar-refractivity contribution in [2.75, 3.05) is 4.72 Å². The Morgan fingerprint density at radius 1 is 1.25 bits per heavy atom. The summed E-state index contributed by atoms with van der Waals surface area (Å²) in [5.41, 5.74) is 0. The van der Waals surface area contributed by atoms with Crippen LogP contribution < -0.4 is 4.72 Å². The highest BCUT2D eigenvalue weighted by Crippen LogP contribution is 2.11. The van der Waals surface area contributed by atoms with Gasteiger partial charge < -0.3 is 0 Å². The zero-order chi connectivity index (χ0) is 11.6. The van der Waals surface area contributed by atoms with Crippen LogP contribution in [0.25, 0.3) is 0 Å². The first-order valence-electron chi connectivity index (χ1n) is 4.55. The Hall–Kier alpha value is -1.89. The Balaban J connectivity index is 2.28. The van der Waals surface area contributed by atoms with Crippen molar-refractivity contribution in [3.05, 3.63) is 36.2 Å². The molecular formula is C9H10N4O2S. The van der Waals surface area contributed by atoms with E-state index in [1.54, 1.807) is 25.1 Å². The molecule has 84 valence electrons. The minimum absolute atomic E-state index is 0.0429. The van der Waals surface area contributed by atoms with Gasteiger partial charge in [-0.2, -0.15) is 4.98 Å². The van der Waals surface area contributed by atoms with E-state index in [0.717, 1.165) is 0 Å². The topological polar surface area (TPSA) is 87.7 Å². The smallest absolute Gasteiger partial charge is 0.261 e. The summed E-state index contributed by atoms with van der Waals surface area (Å²) >= 11 is 0. The molecule has 0 bridgehead atoms. The van der Waals surface area contributed by atoms with E-state index in [0.29, 0.717) is 5.82 Å². The molecule has 0 aliphatic rings. The van der Waals surface area contributed by atoms with Crippen molar-refractivity contribution in [1.82, 2.24) is 15.2 Å². The molecule has 1 aromatic carbocycles. The molecule has 6 nitrogen and oxygen atoms in total. The lowest BCUT2D eigenvalue weighted by Crippen LogP contribution is -2.13. The molecule has 0 saturated heterocycles. The summed E-state index contributed by atoms with van der Waals surface area (Å²) in [7, 11) is -3.59. The molecule has 1 aromatic heterocycles. The summed E-state index contributed by atoms with van der Waals surface area (Å²) in [4.78, 5) is 4.04. The van der Waals surface area contributed by atoms with Crippen molar-refractivity contribution in [3.8, 4) is 0 Å². The first-order chi connectivity index (χ1) is 7.58. The molecule has 2 rings (SSSR count). The summed E-state index contributed by atoms with van der Waals surface area (Å²) in [6.07, 6.45) is 0. The summed E-state index contributed by atoms with van der Waals surface area (Å²) in [5, 5.41) is 6.25. The lowest BCUT2D eigenvalue weighted by atomic mass is 10.4. The van der Waals surface area contributed by atoms with Crippen LogP contribution in [-0.4, -0.2) is 23.6 Å². The van der Waals surface area contributed by atoms with Gasteiger partial charge in [0.05, 0.1) is 4.90 Å². The highest BCUT2D eigenvalue weighted by Gasteiger charge is 2.15. The number of benzene rings is 1. The van der Waals surface area contributed by atoms with Gasteiger partial charge in [-0.05, 0) is 19.1 Å². The number of aromatic amines is 1. The van der Waals surface area contributed by atoms with Crippen molar-refractivity contribution in [2.24, 2.45) is 0 Å². The Morgan fingerprint density at radius 3 is 2.50 bits per heavy atom. The van der Waals surface area contributed by atoms with Crippen LogP contribution in [0.1, 0.15) is 5.82 Å². The number of aryl methyl sites for hydroxylation is 1. The Kier molecular flexibility index (Phi) is 2.61. The van der Waals surface area contributed by atoms with Gasteiger partial charge in [-0.25, -0.2) is 13.1 Å². The average molecular weight is 238 g/mol. The number of aromatic nitrogens is 3. The highest BCUT2D eigenvalue weighted by molar-refractivity contribution is 7.92. The van der Waals surface area contributed by atoms with Crippen LogP contribution in [0.3, 0.4) is 0 Å². The molecule has 0 fully saturated rings. The van der Waals surface area contributed by atoms with Gasteiger partial charge in [0, 0.05) is 0 Å². The molecule has 7 heteroatoms. The van der Waals surface area contributed by atoms with Crippen LogP contribution >= 0.6 is 0 Å². The second-order valence-electron chi connectivity index (χ2n) is 3.16. The van der Waals surface area contributed by atoms with E-state index in [1.807, 2.05) is 0 Å². The van der Waals surface area contributed by atoms with Crippen molar-refractivity contribution in [2.45, 2.75) is 11.8 Å². The minimum Gasteiger partial charge on any atom is -0.261 e. The van der Waals surface area contributed by atoms with Crippen LogP contribution in [-0.2, 0) is 10.0 Å². The Morgan fingerprint density at radius 2 is 1.94 bits per heavy atom. The normalized spacial score (nSPS) is 11.3. The first kappa shape index (κ1) is 10.6. The quantitative estimate of drug-likeness (QED) is 0.832. The van der Waals surface area contributed by atoms with Crippen LogP contribution in [0.15, 0.2) is 35.2 Å². The van der Waals surface area contributed by atoms with Crippen LogP contribution in [0.5, 0.6) is 0 Å². The molecule has 0 saturated carbocycles. The summed E-state index contributed by atoms with van der Waals surface area (Å²) in [5.74, 6) is 0.590. The average Bonchev–Trinajstić information content (AvgIpc) is 2.64. The Labute approximate surface area is 92.8 Å². The molecule has 2 aromatic rings.